The molecule has 114 valence electrons. The number of rotatable bonds is 8. The molecule has 4 heteroatoms. The van der Waals surface area contributed by atoms with Gasteiger partial charge in [0, 0.05) is 31.8 Å². The molecule has 0 spiro atoms. The molecule has 0 aromatic carbocycles. The van der Waals surface area contributed by atoms with Crippen LogP contribution in [-0.4, -0.2) is 68.3 Å². The van der Waals surface area contributed by atoms with Gasteiger partial charge in [0.05, 0.1) is 5.60 Å². The highest BCUT2D eigenvalue weighted by Crippen LogP contribution is 2.37. The summed E-state index contributed by atoms with van der Waals surface area (Å²) in [5, 5.41) is 0. The lowest BCUT2D eigenvalue weighted by Crippen LogP contribution is -2.59. The standard InChI is InChI=1S/C15H33N3O/c1-14(2,19-6)10-13(11-16)18(5)12-15(17(3)4)8-7-9-15/h13H,7-12,16H2,1-6H3. The summed E-state index contributed by atoms with van der Waals surface area (Å²) in [6.45, 7) is 6.05. The molecule has 0 saturated heterocycles. The van der Waals surface area contributed by atoms with Gasteiger partial charge in [-0.2, -0.15) is 0 Å². The monoisotopic (exact) mass is 271 g/mol. The number of nitrogens with zero attached hydrogens (tertiary/aromatic N) is 2. The largest absolute Gasteiger partial charge is 0.379 e. The third-order valence-corrected chi connectivity index (χ3v) is 4.95. The summed E-state index contributed by atoms with van der Waals surface area (Å²) < 4.78 is 5.55. The molecule has 0 aliphatic heterocycles. The van der Waals surface area contributed by atoms with Crippen LogP contribution in [0, 0.1) is 0 Å². The Bertz CT molecular complexity index is 275. The van der Waals surface area contributed by atoms with Crippen LogP contribution in [0.1, 0.15) is 39.5 Å². The van der Waals surface area contributed by atoms with E-state index in [9.17, 15) is 0 Å². The van der Waals surface area contributed by atoms with Gasteiger partial charge >= 0.3 is 0 Å². The lowest BCUT2D eigenvalue weighted by atomic mass is 9.75. The van der Waals surface area contributed by atoms with Crippen LogP contribution >= 0.6 is 0 Å². The van der Waals surface area contributed by atoms with Crippen molar-refractivity contribution in [1.29, 1.82) is 0 Å². The van der Waals surface area contributed by atoms with Crippen molar-refractivity contribution in [3.05, 3.63) is 0 Å². The zero-order chi connectivity index (χ0) is 14.7. The second kappa shape index (κ2) is 6.53. The number of hydrogen-bond donors (Lipinski definition) is 1. The summed E-state index contributed by atoms with van der Waals surface area (Å²) in [5.74, 6) is 0. The number of ether oxygens (including phenoxy) is 1. The van der Waals surface area contributed by atoms with Gasteiger partial charge in [0.2, 0.25) is 0 Å². The van der Waals surface area contributed by atoms with E-state index in [0.717, 1.165) is 13.0 Å². The van der Waals surface area contributed by atoms with Gasteiger partial charge in [-0.05, 0) is 60.7 Å². The first-order valence-electron chi connectivity index (χ1n) is 7.39. The zero-order valence-electron chi connectivity index (χ0n) is 13.7. The number of likely N-dealkylation sites (N-methyl/N-ethyl adjacent to an activating group) is 2. The van der Waals surface area contributed by atoms with Crippen molar-refractivity contribution in [3.8, 4) is 0 Å². The minimum absolute atomic E-state index is 0.108. The quantitative estimate of drug-likeness (QED) is 0.727. The Morgan fingerprint density at radius 1 is 1.26 bits per heavy atom. The first-order valence-corrected chi connectivity index (χ1v) is 7.39. The van der Waals surface area contributed by atoms with Crippen LogP contribution in [-0.2, 0) is 4.74 Å². The maximum atomic E-state index is 5.98. The normalized spacial score (nSPS) is 20.7. The Kier molecular flexibility index (Phi) is 5.80. The van der Waals surface area contributed by atoms with Crippen LogP contribution in [0.2, 0.25) is 0 Å². The van der Waals surface area contributed by atoms with Crippen molar-refractivity contribution >= 4 is 0 Å². The second-order valence-electron chi connectivity index (χ2n) is 6.94. The van der Waals surface area contributed by atoms with Crippen molar-refractivity contribution < 1.29 is 4.74 Å². The molecule has 1 fully saturated rings. The highest BCUT2D eigenvalue weighted by atomic mass is 16.5. The Morgan fingerprint density at radius 2 is 1.84 bits per heavy atom. The molecule has 1 aliphatic rings. The Hall–Kier alpha value is -0.160. The van der Waals surface area contributed by atoms with E-state index >= 15 is 0 Å². The van der Waals surface area contributed by atoms with Crippen LogP contribution in [0.3, 0.4) is 0 Å². The molecular weight excluding hydrogens is 238 g/mol. The Balaban J connectivity index is 2.61. The topological polar surface area (TPSA) is 41.7 Å². The lowest BCUT2D eigenvalue weighted by molar-refractivity contribution is -0.0232. The van der Waals surface area contributed by atoms with Gasteiger partial charge in [-0.15, -0.1) is 0 Å². The third kappa shape index (κ3) is 4.15. The zero-order valence-corrected chi connectivity index (χ0v) is 13.7. The fourth-order valence-electron chi connectivity index (χ4n) is 2.99. The van der Waals surface area contributed by atoms with Crippen molar-refractivity contribution in [2.45, 2.75) is 56.7 Å². The molecule has 1 atom stereocenters. The Labute approximate surface area is 119 Å². The van der Waals surface area contributed by atoms with E-state index in [1.165, 1.54) is 19.3 Å². The van der Waals surface area contributed by atoms with E-state index in [4.69, 9.17) is 10.5 Å². The van der Waals surface area contributed by atoms with Gasteiger partial charge in [0.25, 0.3) is 0 Å². The van der Waals surface area contributed by atoms with Crippen molar-refractivity contribution in [2.24, 2.45) is 5.73 Å². The molecule has 0 radical (unpaired) electrons. The highest BCUT2D eigenvalue weighted by molar-refractivity contribution is 4.99. The number of methoxy groups -OCH3 is 1. The van der Waals surface area contributed by atoms with E-state index in [-0.39, 0.29) is 5.60 Å². The smallest absolute Gasteiger partial charge is 0.0638 e. The summed E-state index contributed by atoms with van der Waals surface area (Å²) in [6, 6.07) is 0.382. The lowest BCUT2D eigenvalue weighted by Gasteiger charge is -2.50. The van der Waals surface area contributed by atoms with Crippen LogP contribution in [0.5, 0.6) is 0 Å². The van der Waals surface area contributed by atoms with Gasteiger partial charge in [-0.25, -0.2) is 0 Å². The van der Waals surface area contributed by atoms with E-state index in [2.05, 4.69) is 44.8 Å². The summed E-state index contributed by atoms with van der Waals surface area (Å²) in [4.78, 5) is 4.82. The third-order valence-electron chi connectivity index (χ3n) is 4.95. The van der Waals surface area contributed by atoms with E-state index in [1.54, 1.807) is 7.11 Å². The van der Waals surface area contributed by atoms with Gasteiger partial charge in [-0.3, -0.25) is 0 Å². The summed E-state index contributed by atoms with van der Waals surface area (Å²) in [5.41, 5.74) is 6.23. The van der Waals surface area contributed by atoms with E-state index in [1.807, 2.05) is 0 Å². The van der Waals surface area contributed by atoms with Crippen LogP contribution < -0.4 is 5.73 Å². The molecule has 0 aromatic rings. The summed E-state index contributed by atoms with van der Waals surface area (Å²) >= 11 is 0. The molecule has 1 rings (SSSR count). The van der Waals surface area contributed by atoms with Gasteiger partial charge in [-0.1, -0.05) is 0 Å². The second-order valence-corrected chi connectivity index (χ2v) is 6.94. The highest BCUT2D eigenvalue weighted by Gasteiger charge is 2.41. The molecule has 1 aliphatic carbocycles. The minimum Gasteiger partial charge on any atom is -0.379 e. The van der Waals surface area contributed by atoms with Crippen LogP contribution in [0.15, 0.2) is 0 Å². The van der Waals surface area contributed by atoms with Crippen molar-refractivity contribution in [3.63, 3.8) is 0 Å². The molecule has 0 heterocycles. The van der Waals surface area contributed by atoms with Crippen molar-refractivity contribution in [2.75, 3.05) is 41.3 Å². The average Bonchev–Trinajstić information content (AvgIpc) is 2.30. The number of nitrogens with two attached hydrogens (primary N) is 1. The molecular formula is C15H33N3O. The predicted octanol–water partition coefficient (Wildman–Crippen LogP) is 1.54. The minimum atomic E-state index is -0.108. The molecule has 0 aromatic heterocycles. The number of hydrogen-bond acceptors (Lipinski definition) is 4. The predicted molar refractivity (Wildman–Crippen MR) is 81.4 cm³/mol. The van der Waals surface area contributed by atoms with E-state index < -0.39 is 0 Å². The first-order chi connectivity index (χ1) is 8.76. The van der Waals surface area contributed by atoms with Crippen LogP contribution in [0.25, 0.3) is 0 Å². The molecule has 19 heavy (non-hydrogen) atoms. The molecule has 2 N–H and O–H groups in total. The molecule has 1 unspecified atom stereocenters. The fourth-order valence-corrected chi connectivity index (χ4v) is 2.99. The van der Waals surface area contributed by atoms with E-state index in [0.29, 0.717) is 18.1 Å². The van der Waals surface area contributed by atoms with Crippen LogP contribution in [0.4, 0.5) is 0 Å². The summed E-state index contributed by atoms with van der Waals surface area (Å²) in [7, 11) is 8.38. The maximum Gasteiger partial charge on any atom is 0.0638 e. The molecule has 1 saturated carbocycles. The SMILES string of the molecule is COC(C)(C)CC(CN)N(C)CC1(N(C)C)CCC1. The molecule has 0 amide bonds. The van der Waals surface area contributed by atoms with Gasteiger partial charge < -0.3 is 20.3 Å². The maximum absolute atomic E-state index is 5.98. The fraction of sp³-hybridized carbons (Fsp3) is 1.00. The van der Waals surface area contributed by atoms with Gasteiger partial charge in [0.1, 0.15) is 0 Å². The Morgan fingerprint density at radius 3 is 2.16 bits per heavy atom. The average molecular weight is 271 g/mol. The molecule has 0 bridgehead atoms. The van der Waals surface area contributed by atoms with Gasteiger partial charge in [0.15, 0.2) is 0 Å². The first kappa shape index (κ1) is 16.9. The molecule has 4 nitrogen and oxygen atoms in total. The summed E-state index contributed by atoms with van der Waals surface area (Å²) in [6.07, 6.45) is 4.92. The van der Waals surface area contributed by atoms with Crippen molar-refractivity contribution in [1.82, 2.24) is 9.80 Å².